The van der Waals surface area contributed by atoms with Gasteiger partial charge in [0, 0.05) is 19.2 Å². The highest BCUT2D eigenvalue weighted by molar-refractivity contribution is 6.15. The van der Waals surface area contributed by atoms with E-state index in [-0.39, 0.29) is 12.3 Å². The molecule has 0 saturated heterocycles. The van der Waals surface area contributed by atoms with Crippen molar-refractivity contribution in [3.05, 3.63) is 12.2 Å². The molecule has 19 heavy (non-hydrogen) atoms. The van der Waals surface area contributed by atoms with Gasteiger partial charge in [0.25, 0.3) is 11.8 Å². The van der Waals surface area contributed by atoms with Crippen molar-refractivity contribution in [2.75, 3.05) is 20.1 Å². The molecule has 0 bridgehead atoms. The zero-order chi connectivity index (χ0) is 14.6. The van der Waals surface area contributed by atoms with Crippen LogP contribution in [0.3, 0.4) is 0 Å². The lowest BCUT2D eigenvalue weighted by Gasteiger charge is -2.16. The van der Waals surface area contributed by atoms with E-state index in [1.807, 2.05) is 0 Å². The van der Waals surface area contributed by atoms with Crippen LogP contribution in [0, 0.1) is 0 Å². The molecule has 0 saturated carbocycles. The molecule has 0 aromatic heterocycles. The van der Waals surface area contributed by atoms with Gasteiger partial charge in [-0.15, -0.1) is 0 Å². The van der Waals surface area contributed by atoms with Crippen LogP contribution in [0.25, 0.3) is 0 Å². The van der Waals surface area contributed by atoms with Crippen molar-refractivity contribution in [3.63, 3.8) is 0 Å². The number of likely N-dealkylation sites (N-methyl/N-ethyl adjacent to an activating group) is 1. The van der Waals surface area contributed by atoms with Gasteiger partial charge in [-0.2, -0.15) is 0 Å². The minimum Gasteiger partial charge on any atom is -0.338 e. The number of imide groups is 1. The number of hydrogen-bond acceptors (Lipinski definition) is 5. The lowest BCUT2D eigenvalue weighted by Crippen LogP contribution is -2.38. The van der Waals surface area contributed by atoms with Crippen molar-refractivity contribution in [2.24, 2.45) is 0 Å². The fourth-order valence-electron chi connectivity index (χ4n) is 1.55. The number of Topliss-reactive ketones (excluding diaryl/α,β-unsaturated/α-hetero) is 2. The fraction of sp³-hybridized carbons (Fsp3) is 0.417. The second-order valence-electron chi connectivity index (χ2n) is 4.26. The molecule has 0 aliphatic carbocycles. The molecule has 0 spiro atoms. The minimum atomic E-state index is -0.567. The van der Waals surface area contributed by atoms with E-state index in [0.717, 1.165) is 22.0 Å². The summed E-state index contributed by atoms with van der Waals surface area (Å²) in [5.74, 6) is -2.40. The van der Waals surface area contributed by atoms with Crippen LogP contribution in [-0.2, 0) is 24.0 Å². The van der Waals surface area contributed by atoms with E-state index in [4.69, 9.17) is 0 Å². The molecule has 1 rings (SSSR count). The molecule has 1 heterocycles. The first-order valence-corrected chi connectivity index (χ1v) is 5.60. The van der Waals surface area contributed by atoms with Crippen molar-refractivity contribution in [2.45, 2.75) is 13.3 Å². The van der Waals surface area contributed by atoms with Crippen LogP contribution in [0.15, 0.2) is 12.2 Å². The van der Waals surface area contributed by atoms with Gasteiger partial charge in [0.2, 0.25) is 5.91 Å². The van der Waals surface area contributed by atoms with Crippen molar-refractivity contribution >= 4 is 29.3 Å². The third-order valence-corrected chi connectivity index (χ3v) is 2.47. The molecule has 7 heteroatoms. The predicted molar refractivity (Wildman–Crippen MR) is 63.8 cm³/mol. The van der Waals surface area contributed by atoms with Crippen molar-refractivity contribution in [3.8, 4) is 0 Å². The van der Waals surface area contributed by atoms with Gasteiger partial charge in [0.15, 0.2) is 5.78 Å². The van der Waals surface area contributed by atoms with Crippen LogP contribution in [0.5, 0.6) is 0 Å². The standard InChI is InChI=1S/C12H14N2O5/c1-8(15)6-13(2)12(19)5-9(16)7-14-10(17)3-4-11(14)18/h3-4H,5-7H2,1-2H3. The first kappa shape index (κ1) is 14.7. The van der Waals surface area contributed by atoms with Crippen LogP contribution in [0.1, 0.15) is 13.3 Å². The summed E-state index contributed by atoms with van der Waals surface area (Å²) in [6.45, 7) is 0.832. The van der Waals surface area contributed by atoms with Crippen LogP contribution < -0.4 is 0 Å². The average Bonchev–Trinajstić information content (AvgIpc) is 2.59. The smallest absolute Gasteiger partial charge is 0.254 e. The van der Waals surface area contributed by atoms with E-state index in [1.54, 1.807) is 0 Å². The zero-order valence-electron chi connectivity index (χ0n) is 10.7. The molecule has 0 N–H and O–H groups in total. The maximum Gasteiger partial charge on any atom is 0.254 e. The van der Waals surface area contributed by atoms with Gasteiger partial charge in [-0.3, -0.25) is 28.9 Å². The molecule has 3 amide bonds. The van der Waals surface area contributed by atoms with Gasteiger partial charge in [0.05, 0.1) is 19.5 Å². The molecule has 7 nitrogen and oxygen atoms in total. The Labute approximate surface area is 109 Å². The van der Waals surface area contributed by atoms with Gasteiger partial charge >= 0.3 is 0 Å². The number of nitrogens with zero attached hydrogens (tertiary/aromatic N) is 2. The Morgan fingerprint density at radius 2 is 1.68 bits per heavy atom. The van der Waals surface area contributed by atoms with E-state index in [1.165, 1.54) is 14.0 Å². The molecule has 1 aliphatic rings. The van der Waals surface area contributed by atoms with E-state index in [2.05, 4.69) is 0 Å². The summed E-state index contributed by atoms with van der Waals surface area (Å²) in [7, 11) is 1.41. The molecule has 0 atom stereocenters. The van der Waals surface area contributed by atoms with Crippen molar-refractivity contribution in [1.82, 2.24) is 9.80 Å². The topological polar surface area (TPSA) is 91.8 Å². The maximum atomic E-state index is 11.6. The van der Waals surface area contributed by atoms with Gasteiger partial charge in [-0.1, -0.05) is 0 Å². The number of carbonyl (C=O) groups is 5. The summed E-state index contributed by atoms with van der Waals surface area (Å²) in [5, 5.41) is 0. The number of rotatable bonds is 6. The number of carbonyl (C=O) groups excluding carboxylic acids is 5. The summed E-state index contributed by atoms with van der Waals surface area (Å²) < 4.78 is 0. The maximum absolute atomic E-state index is 11.6. The van der Waals surface area contributed by atoms with Crippen LogP contribution in [0.2, 0.25) is 0 Å². The Balaban J connectivity index is 2.47. The number of ketones is 2. The third kappa shape index (κ3) is 4.13. The minimum absolute atomic E-state index is 0.0742. The molecular weight excluding hydrogens is 252 g/mol. The monoisotopic (exact) mass is 266 g/mol. The van der Waals surface area contributed by atoms with Crippen LogP contribution in [-0.4, -0.2) is 59.2 Å². The average molecular weight is 266 g/mol. The Hall–Kier alpha value is -2.31. The first-order valence-electron chi connectivity index (χ1n) is 5.60. The molecule has 1 aliphatic heterocycles. The Bertz CT molecular complexity index is 463. The largest absolute Gasteiger partial charge is 0.338 e. The van der Waals surface area contributed by atoms with E-state index < -0.39 is 36.5 Å². The van der Waals surface area contributed by atoms with Gasteiger partial charge in [-0.25, -0.2) is 0 Å². The quantitative estimate of drug-likeness (QED) is 0.450. The van der Waals surface area contributed by atoms with E-state index in [9.17, 15) is 24.0 Å². The second kappa shape index (κ2) is 6.03. The molecule has 0 unspecified atom stereocenters. The van der Waals surface area contributed by atoms with Gasteiger partial charge in [-0.05, 0) is 6.92 Å². The normalized spacial score (nSPS) is 13.9. The summed E-state index contributed by atoms with van der Waals surface area (Å²) >= 11 is 0. The number of amides is 3. The highest BCUT2D eigenvalue weighted by atomic mass is 16.2. The Morgan fingerprint density at radius 1 is 1.16 bits per heavy atom. The summed E-state index contributed by atoms with van der Waals surface area (Å²) in [5.41, 5.74) is 0. The molecule has 0 aromatic rings. The number of hydrogen-bond donors (Lipinski definition) is 0. The molecular formula is C12H14N2O5. The second-order valence-corrected chi connectivity index (χ2v) is 4.26. The highest BCUT2D eigenvalue weighted by Crippen LogP contribution is 2.04. The zero-order valence-corrected chi connectivity index (χ0v) is 10.7. The SMILES string of the molecule is CC(=O)CN(C)C(=O)CC(=O)CN1C(=O)C=CC1=O. The molecule has 0 fully saturated rings. The van der Waals surface area contributed by atoms with Crippen LogP contribution in [0.4, 0.5) is 0 Å². The third-order valence-electron chi connectivity index (χ3n) is 2.47. The van der Waals surface area contributed by atoms with E-state index >= 15 is 0 Å². The highest BCUT2D eigenvalue weighted by Gasteiger charge is 2.26. The van der Waals surface area contributed by atoms with Crippen molar-refractivity contribution in [1.29, 1.82) is 0 Å². The molecule has 0 radical (unpaired) electrons. The van der Waals surface area contributed by atoms with Gasteiger partial charge in [0.1, 0.15) is 5.78 Å². The summed E-state index contributed by atoms with van der Waals surface area (Å²) in [6.07, 6.45) is 1.69. The molecule has 102 valence electrons. The Kier molecular flexibility index (Phi) is 4.68. The summed E-state index contributed by atoms with van der Waals surface area (Å²) in [4.78, 5) is 58.3. The van der Waals surface area contributed by atoms with Gasteiger partial charge < -0.3 is 4.90 Å². The van der Waals surface area contributed by atoms with E-state index in [0.29, 0.717) is 0 Å². The first-order chi connectivity index (χ1) is 8.81. The van der Waals surface area contributed by atoms with Crippen LogP contribution >= 0.6 is 0 Å². The lowest BCUT2D eigenvalue weighted by molar-refractivity contribution is -0.143. The fourth-order valence-corrected chi connectivity index (χ4v) is 1.55. The van der Waals surface area contributed by atoms with Crippen molar-refractivity contribution < 1.29 is 24.0 Å². The Morgan fingerprint density at radius 3 is 2.16 bits per heavy atom. The lowest BCUT2D eigenvalue weighted by atomic mass is 10.2. The predicted octanol–water partition coefficient (Wildman–Crippen LogP) is -1.08. The summed E-state index contributed by atoms with van der Waals surface area (Å²) in [6, 6.07) is 0. The molecule has 0 aromatic carbocycles.